The molecule has 0 heterocycles. The molecule has 0 aliphatic heterocycles. The van der Waals surface area contributed by atoms with Gasteiger partial charge in [-0.05, 0) is 86.0 Å². The number of ketones is 1. The highest BCUT2D eigenvalue weighted by atomic mass is 16.3. The van der Waals surface area contributed by atoms with E-state index in [-0.39, 0.29) is 17.4 Å². The molecule has 3 saturated carbocycles. The number of allylic oxidation sites excluding steroid dienone is 1. The van der Waals surface area contributed by atoms with Gasteiger partial charge in [-0.3, -0.25) is 4.79 Å². The zero-order chi connectivity index (χ0) is 20.6. The molecule has 164 valence electrons. The molecule has 29 heavy (non-hydrogen) atoms. The van der Waals surface area contributed by atoms with Crippen molar-refractivity contribution in [1.82, 2.24) is 0 Å². The zero-order valence-electron chi connectivity index (χ0n) is 19.2. The highest BCUT2D eigenvalue weighted by Gasteiger charge is 2.60. The largest absolute Gasteiger partial charge is 0.393 e. The molecule has 4 aliphatic carbocycles. The van der Waals surface area contributed by atoms with Crippen LogP contribution in [0.3, 0.4) is 0 Å². The molecule has 0 unspecified atom stereocenters. The summed E-state index contributed by atoms with van der Waals surface area (Å²) in [6.07, 6.45) is 19.3. The standard InChI is InChI=1S/C27H44O2/c1-4-5-6-7-8-9-10-19-11-12-22-25-23(14-16-26(19,22)2)27(3)15-13-21(28)17-20(27)18-24(25)29/h18-19,21-23,25,28H,4-17H2,1-3H3/t19-,21-,22-,23-,25-,26+,27-/m0/s1. The average molecular weight is 401 g/mol. The number of aliphatic hydroxyl groups is 1. The quantitative estimate of drug-likeness (QED) is 0.474. The molecule has 7 atom stereocenters. The van der Waals surface area contributed by atoms with Gasteiger partial charge in [-0.1, -0.05) is 64.9 Å². The van der Waals surface area contributed by atoms with Crippen LogP contribution in [0, 0.1) is 34.5 Å². The lowest BCUT2D eigenvalue weighted by atomic mass is 9.47. The van der Waals surface area contributed by atoms with Gasteiger partial charge in [-0.15, -0.1) is 0 Å². The van der Waals surface area contributed by atoms with Crippen LogP contribution in [0.1, 0.15) is 111 Å². The number of aliphatic hydroxyl groups excluding tert-OH is 1. The summed E-state index contributed by atoms with van der Waals surface area (Å²) < 4.78 is 0. The van der Waals surface area contributed by atoms with E-state index in [0.717, 1.165) is 25.2 Å². The smallest absolute Gasteiger partial charge is 0.159 e. The first kappa shape index (κ1) is 21.6. The molecule has 0 spiro atoms. The molecule has 0 radical (unpaired) electrons. The number of carbonyl (C=O) groups is 1. The Kier molecular flexibility index (Phi) is 6.32. The van der Waals surface area contributed by atoms with Crippen molar-refractivity contribution in [3.05, 3.63) is 11.6 Å². The molecule has 0 bridgehead atoms. The Morgan fingerprint density at radius 3 is 2.52 bits per heavy atom. The van der Waals surface area contributed by atoms with E-state index in [1.165, 1.54) is 76.2 Å². The fraction of sp³-hybridized carbons (Fsp3) is 0.889. The first-order chi connectivity index (χ1) is 13.9. The van der Waals surface area contributed by atoms with Gasteiger partial charge in [-0.2, -0.15) is 0 Å². The highest BCUT2D eigenvalue weighted by Crippen LogP contribution is 2.66. The summed E-state index contributed by atoms with van der Waals surface area (Å²) in [5.41, 5.74) is 1.82. The minimum Gasteiger partial charge on any atom is -0.393 e. The van der Waals surface area contributed by atoms with Crippen molar-refractivity contribution >= 4 is 5.78 Å². The molecule has 0 aromatic heterocycles. The Morgan fingerprint density at radius 1 is 0.966 bits per heavy atom. The minimum atomic E-state index is -0.235. The molecule has 0 aromatic rings. The maximum Gasteiger partial charge on any atom is 0.159 e. The molecule has 1 N–H and O–H groups in total. The Morgan fingerprint density at radius 2 is 1.72 bits per heavy atom. The second-order valence-electron chi connectivity index (χ2n) is 11.5. The van der Waals surface area contributed by atoms with Crippen molar-refractivity contribution in [2.45, 2.75) is 117 Å². The third-order valence-electron chi connectivity index (χ3n) is 10.0. The Hall–Kier alpha value is -0.630. The summed E-state index contributed by atoms with van der Waals surface area (Å²) in [5.74, 6) is 2.62. The van der Waals surface area contributed by atoms with Gasteiger partial charge in [0.25, 0.3) is 0 Å². The van der Waals surface area contributed by atoms with Crippen LogP contribution in [-0.2, 0) is 4.79 Å². The van der Waals surface area contributed by atoms with E-state index >= 15 is 0 Å². The third kappa shape index (κ3) is 3.77. The summed E-state index contributed by atoms with van der Waals surface area (Å²) in [5, 5.41) is 10.2. The number of hydrogen-bond donors (Lipinski definition) is 1. The van der Waals surface area contributed by atoms with Crippen molar-refractivity contribution in [2.24, 2.45) is 34.5 Å². The monoisotopic (exact) mass is 400 g/mol. The van der Waals surface area contributed by atoms with Gasteiger partial charge in [0.15, 0.2) is 5.78 Å². The number of unbranched alkanes of at least 4 members (excludes halogenated alkanes) is 5. The number of carbonyl (C=O) groups excluding carboxylic acids is 1. The number of hydrogen-bond acceptors (Lipinski definition) is 2. The van der Waals surface area contributed by atoms with Crippen LogP contribution < -0.4 is 0 Å². The van der Waals surface area contributed by atoms with Crippen LogP contribution >= 0.6 is 0 Å². The fourth-order valence-electron chi connectivity index (χ4n) is 8.14. The SMILES string of the molecule is CCCCCCCC[C@H]1CC[C@H]2[C@@H]3C(=O)C=C4C[C@@H](O)CC[C@]4(C)[C@H]3CC[C@]12C. The second kappa shape index (κ2) is 8.48. The maximum absolute atomic E-state index is 13.3. The number of rotatable bonds is 7. The lowest BCUT2D eigenvalue weighted by Crippen LogP contribution is -2.53. The van der Waals surface area contributed by atoms with Crippen molar-refractivity contribution in [3.8, 4) is 0 Å². The second-order valence-corrected chi connectivity index (χ2v) is 11.5. The van der Waals surface area contributed by atoms with Crippen LogP contribution in [-0.4, -0.2) is 17.0 Å². The van der Waals surface area contributed by atoms with E-state index in [9.17, 15) is 9.90 Å². The van der Waals surface area contributed by atoms with E-state index in [0.29, 0.717) is 23.0 Å². The van der Waals surface area contributed by atoms with Crippen LogP contribution in [0.2, 0.25) is 0 Å². The van der Waals surface area contributed by atoms with E-state index < -0.39 is 0 Å². The predicted molar refractivity (Wildman–Crippen MR) is 120 cm³/mol. The van der Waals surface area contributed by atoms with Crippen LogP contribution in [0.5, 0.6) is 0 Å². The normalized spacial score (nSPS) is 44.1. The lowest BCUT2D eigenvalue weighted by molar-refractivity contribution is -0.134. The van der Waals surface area contributed by atoms with Crippen molar-refractivity contribution < 1.29 is 9.90 Å². The topological polar surface area (TPSA) is 37.3 Å². The van der Waals surface area contributed by atoms with Gasteiger partial charge >= 0.3 is 0 Å². The van der Waals surface area contributed by atoms with Gasteiger partial charge in [0.2, 0.25) is 0 Å². The van der Waals surface area contributed by atoms with Gasteiger partial charge in [0, 0.05) is 5.92 Å². The van der Waals surface area contributed by atoms with E-state index in [2.05, 4.69) is 20.8 Å². The van der Waals surface area contributed by atoms with E-state index in [1.54, 1.807) is 0 Å². The maximum atomic E-state index is 13.3. The third-order valence-corrected chi connectivity index (χ3v) is 10.0. The molecule has 2 nitrogen and oxygen atoms in total. The van der Waals surface area contributed by atoms with Gasteiger partial charge in [0.05, 0.1) is 6.10 Å². The first-order valence-corrected chi connectivity index (χ1v) is 12.8. The summed E-state index contributed by atoms with van der Waals surface area (Å²) in [6, 6.07) is 0. The van der Waals surface area contributed by atoms with E-state index in [4.69, 9.17) is 0 Å². The summed E-state index contributed by atoms with van der Waals surface area (Å²) in [7, 11) is 0. The van der Waals surface area contributed by atoms with E-state index in [1.807, 2.05) is 6.08 Å². The van der Waals surface area contributed by atoms with Crippen molar-refractivity contribution in [3.63, 3.8) is 0 Å². The molecule has 0 saturated heterocycles. The van der Waals surface area contributed by atoms with Crippen molar-refractivity contribution in [1.29, 1.82) is 0 Å². The molecule has 0 aromatic carbocycles. The fourth-order valence-corrected chi connectivity index (χ4v) is 8.14. The summed E-state index contributed by atoms with van der Waals surface area (Å²) in [4.78, 5) is 13.3. The van der Waals surface area contributed by atoms with Gasteiger partial charge in [0.1, 0.15) is 0 Å². The molecule has 2 heteroatoms. The highest BCUT2D eigenvalue weighted by molar-refractivity contribution is 5.94. The van der Waals surface area contributed by atoms with Gasteiger partial charge in [-0.25, -0.2) is 0 Å². The zero-order valence-corrected chi connectivity index (χ0v) is 19.2. The molecular weight excluding hydrogens is 356 g/mol. The van der Waals surface area contributed by atoms with Crippen LogP contribution in [0.15, 0.2) is 11.6 Å². The molecule has 3 fully saturated rings. The molecule has 4 aliphatic rings. The van der Waals surface area contributed by atoms with Crippen LogP contribution in [0.25, 0.3) is 0 Å². The predicted octanol–water partition coefficient (Wildman–Crippen LogP) is 6.86. The summed E-state index contributed by atoms with van der Waals surface area (Å²) in [6.45, 7) is 7.25. The van der Waals surface area contributed by atoms with Crippen LogP contribution in [0.4, 0.5) is 0 Å². The molecular formula is C27H44O2. The van der Waals surface area contributed by atoms with Crippen molar-refractivity contribution in [2.75, 3.05) is 0 Å². The minimum absolute atomic E-state index is 0.163. The lowest BCUT2D eigenvalue weighted by Gasteiger charge is -2.57. The molecule has 0 amide bonds. The average Bonchev–Trinajstić information content (AvgIpc) is 3.02. The molecule has 4 rings (SSSR count). The Balaban J connectivity index is 1.45. The Labute approximate surface area is 178 Å². The number of fused-ring (bicyclic) bond motifs is 5. The Bertz CT molecular complexity index is 636. The van der Waals surface area contributed by atoms with Gasteiger partial charge < -0.3 is 5.11 Å². The summed E-state index contributed by atoms with van der Waals surface area (Å²) >= 11 is 0. The first-order valence-electron chi connectivity index (χ1n) is 12.8.